The average molecular weight is 309 g/mol. The van der Waals surface area contributed by atoms with Crippen LogP contribution in [0.4, 0.5) is 0 Å². The largest absolute Gasteiger partial charge is 0.446 e. The van der Waals surface area contributed by atoms with E-state index in [0.717, 1.165) is 4.31 Å². The zero-order valence-electron chi connectivity index (χ0n) is 10.3. The van der Waals surface area contributed by atoms with Gasteiger partial charge in [0.15, 0.2) is 9.84 Å². The van der Waals surface area contributed by atoms with Gasteiger partial charge in [-0.3, -0.25) is 0 Å². The summed E-state index contributed by atoms with van der Waals surface area (Å²) in [6, 6.07) is 2.00. The van der Waals surface area contributed by atoms with E-state index in [0.29, 0.717) is 0 Å². The SMILES string of the molecule is CC1CS(=O)(=O)CCN1S(=O)(=O)c1ccc(CO)o1. The van der Waals surface area contributed by atoms with Crippen LogP contribution in [0.25, 0.3) is 0 Å². The number of furan rings is 1. The van der Waals surface area contributed by atoms with E-state index in [1.54, 1.807) is 6.92 Å². The standard InChI is InChI=1S/C10H15NO6S2/c1-8-7-18(13,14)5-4-11(8)19(15,16)10-3-2-9(6-12)17-10/h2-3,8,12H,4-7H2,1H3. The molecule has 1 aromatic heterocycles. The lowest BCUT2D eigenvalue weighted by Crippen LogP contribution is -2.49. The number of rotatable bonds is 3. The summed E-state index contributed by atoms with van der Waals surface area (Å²) in [7, 11) is -7.04. The van der Waals surface area contributed by atoms with Gasteiger partial charge in [-0.25, -0.2) is 16.8 Å². The molecule has 1 saturated heterocycles. The number of aliphatic hydroxyl groups excluding tert-OH is 1. The second-order valence-electron chi connectivity index (χ2n) is 4.46. The molecule has 0 spiro atoms. The molecule has 0 aromatic carbocycles. The summed E-state index contributed by atoms with van der Waals surface area (Å²) in [6.07, 6.45) is 0. The fourth-order valence-electron chi connectivity index (χ4n) is 2.04. The van der Waals surface area contributed by atoms with Gasteiger partial charge in [0.05, 0.1) is 11.5 Å². The van der Waals surface area contributed by atoms with Crippen molar-refractivity contribution >= 4 is 19.9 Å². The van der Waals surface area contributed by atoms with E-state index in [9.17, 15) is 16.8 Å². The average Bonchev–Trinajstić information content (AvgIpc) is 2.76. The molecule has 0 aliphatic carbocycles. The predicted octanol–water partition coefficient (Wildman–Crippen LogP) is -0.420. The van der Waals surface area contributed by atoms with Crippen LogP contribution < -0.4 is 0 Å². The van der Waals surface area contributed by atoms with Crippen molar-refractivity contribution in [2.45, 2.75) is 24.7 Å². The maximum Gasteiger partial charge on any atom is 0.276 e. The highest BCUT2D eigenvalue weighted by molar-refractivity contribution is 7.92. The Morgan fingerprint density at radius 2 is 2.16 bits per heavy atom. The van der Waals surface area contributed by atoms with Crippen LogP contribution in [-0.4, -0.2) is 50.3 Å². The molecule has 1 aromatic rings. The van der Waals surface area contributed by atoms with Crippen molar-refractivity contribution in [3.05, 3.63) is 17.9 Å². The molecule has 1 N–H and O–H groups in total. The minimum Gasteiger partial charge on any atom is -0.446 e. The lowest BCUT2D eigenvalue weighted by molar-refractivity contribution is 0.234. The van der Waals surface area contributed by atoms with Crippen molar-refractivity contribution in [2.24, 2.45) is 0 Å². The Morgan fingerprint density at radius 3 is 2.68 bits per heavy atom. The Bertz CT molecular complexity index is 660. The summed E-state index contributed by atoms with van der Waals surface area (Å²) in [5, 5.41) is 8.59. The van der Waals surface area contributed by atoms with Crippen molar-refractivity contribution in [1.82, 2.24) is 4.31 Å². The molecule has 0 bridgehead atoms. The fourth-order valence-corrected chi connectivity index (χ4v) is 5.37. The Kier molecular flexibility index (Phi) is 3.74. The van der Waals surface area contributed by atoms with Crippen LogP contribution in [0, 0.1) is 0 Å². The van der Waals surface area contributed by atoms with Gasteiger partial charge in [0, 0.05) is 12.6 Å². The molecule has 0 saturated carbocycles. The zero-order chi connectivity index (χ0) is 14.3. The van der Waals surface area contributed by atoms with Crippen molar-refractivity contribution in [2.75, 3.05) is 18.1 Å². The molecular weight excluding hydrogens is 294 g/mol. The van der Waals surface area contributed by atoms with E-state index in [1.165, 1.54) is 12.1 Å². The van der Waals surface area contributed by atoms with Crippen LogP contribution in [0.15, 0.2) is 21.6 Å². The van der Waals surface area contributed by atoms with Gasteiger partial charge in [-0.2, -0.15) is 4.31 Å². The van der Waals surface area contributed by atoms with E-state index in [2.05, 4.69) is 0 Å². The third kappa shape index (κ3) is 2.83. The number of hydrogen-bond donors (Lipinski definition) is 1. The molecule has 1 fully saturated rings. The molecule has 0 radical (unpaired) electrons. The van der Waals surface area contributed by atoms with Gasteiger partial charge in [-0.15, -0.1) is 0 Å². The first-order valence-corrected chi connectivity index (χ1v) is 8.94. The highest BCUT2D eigenvalue weighted by atomic mass is 32.2. The molecule has 7 nitrogen and oxygen atoms in total. The van der Waals surface area contributed by atoms with E-state index in [4.69, 9.17) is 9.52 Å². The zero-order valence-corrected chi connectivity index (χ0v) is 11.9. The summed E-state index contributed by atoms with van der Waals surface area (Å²) in [5.41, 5.74) is 0. The van der Waals surface area contributed by atoms with Crippen LogP contribution in [0.3, 0.4) is 0 Å². The second kappa shape index (κ2) is 4.89. The lowest BCUT2D eigenvalue weighted by Gasteiger charge is -2.31. The smallest absolute Gasteiger partial charge is 0.276 e. The lowest BCUT2D eigenvalue weighted by atomic mass is 10.4. The first kappa shape index (κ1) is 14.5. The van der Waals surface area contributed by atoms with E-state index in [-0.39, 0.29) is 35.5 Å². The van der Waals surface area contributed by atoms with Crippen LogP contribution in [0.1, 0.15) is 12.7 Å². The highest BCUT2D eigenvalue weighted by Crippen LogP contribution is 2.23. The molecule has 108 valence electrons. The molecule has 0 amide bonds. The maximum absolute atomic E-state index is 12.3. The number of sulfonamides is 1. The molecule has 1 atom stereocenters. The Labute approximate surface area is 111 Å². The molecule has 9 heteroatoms. The van der Waals surface area contributed by atoms with Crippen LogP contribution >= 0.6 is 0 Å². The minimum atomic E-state index is -3.86. The monoisotopic (exact) mass is 309 g/mol. The first-order valence-electron chi connectivity index (χ1n) is 5.68. The minimum absolute atomic E-state index is 0.0823. The Balaban J connectivity index is 2.30. The van der Waals surface area contributed by atoms with Gasteiger partial charge in [-0.05, 0) is 19.1 Å². The van der Waals surface area contributed by atoms with Gasteiger partial charge in [0.1, 0.15) is 12.4 Å². The van der Waals surface area contributed by atoms with Gasteiger partial charge >= 0.3 is 0 Å². The third-order valence-electron chi connectivity index (χ3n) is 2.97. The predicted molar refractivity (Wildman–Crippen MR) is 66.6 cm³/mol. The molecule has 2 rings (SSSR count). The van der Waals surface area contributed by atoms with Gasteiger partial charge in [-0.1, -0.05) is 0 Å². The summed E-state index contributed by atoms with van der Waals surface area (Å²) in [6.45, 7) is 1.07. The topological polar surface area (TPSA) is 105 Å². The molecule has 2 heterocycles. The third-order valence-corrected chi connectivity index (χ3v) is 6.65. The van der Waals surface area contributed by atoms with E-state index >= 15 is 0 Å². The van der Waals surface area contributed by atoms with Gasteiger partial charge in [0.25, 0.3) is 10.0 Å². The maximum atomic E-state index is 12.3. The van der Waals surface area contributed by atoms with Crippen molar-refractivity contribution in [3.63, 3.8) is 0 Å². The Hall–Kier alpha value is -0.900. The summed E-state index contributed by atoms with van der Waals surface area (Å²) >= 11 is 0. The van der Waals surface area contributed by atoms with Gasteiger partial charge in [0.2, 0.25) is 5.09 Å². The number of hydrogen-bond acceptors (Lipinski definition) is 6. The van der Waals surface area contributed by atoms with Crippen LogP contribution in [0.2, 0.25) is 0 Å². The highest BCUT2D eigenvalue weighted by Gasteiger charge is 2.38. The second-order valence-corrected chi connectivity index (χ2v) is 8.51. The molecule has 1 aliphatic heterocycles. The van der Waals surface area contributed by atoms with Gasteiger partial charge < -0.3 is 9.52 Å². The van der Waals surface area contributed by atoms with Crippen LogP contribution in [0.5, 0.6) is 0 Å². The number of aliphatic hydroxyl groups is 1. The summed E-state index contributed by atoms with van der Waals surface area (Å²) in [4.78, 5) is 0. The van der Waals surface area contributed by atoms with Crippen LogP contribution in [-0.2, 0) is 26.5 Å². The Morgan fingerprint density at radius 1 is 1.47 bits per heavy atom. The number of nitrogens with zero attached hydrogens (tertiary/aromatic N) is 1. The normalized spacial score (nSPS) is 24.4. The molecule has 1 unspecified atom stereocenters. The number of sulfone groups is 1. The van der Waals surface area contributed by atoms with Crippen molar-refractivity contribution in [1.29, 1.82) is 0 Å². The quantitative estimate of drug-likeness (QED) is 0.813. The molecular formula is C10H15NO6S2. The van der Waals surface area contributed by atoms with E-state index in [1.807, 2.05) is 0 Å². The fraction of sp³-hybridized carbons (Fsp3) is 0.600. The molecule has 1 aliphatic rings. The first-order chi connectivity index (χ1) is 8.76. The molecule has 19 heavy (non-hydrogen) atoms. The van der Waals surface area contributed by atoms with Crippen molar-refractivity contribution < 1.29 is 26.4 Å². The van der Waals surface area contributed by atoms with E-state index < -0.39 is 25.9 Å². The summed E-state index contributed by atoms with van der Waals surface area (Å²) in [5.74, 6) is -0.236. The van der Waals surface area contributed by atoms with Crippen molar-refractivity contribution in [3.8, 4) is 0 Å². The summed E-state index contributed by atoms with van der Waals surface area (Å²) < 4.78 is 53.6.